The van der Waals surface area contributed by atoms with Crippen molar-refractivity contribution in [1.29, 1.82) is 0 Å². The summed E-state index contributed by atoms with van der Waals surface area (Å²) in [6.07, 6.45) is -0.238. The van der Waals surface area contributed by atoms with Gasteiger partial charge in [-0.05, 0) is 32.0 Å². The molecule has 0 unspecified atom stereocenters. The number of aromatic nitrogens is 5. The van der Waals surface area contributed by atoms with Crippen molar-refractivity contribution in [2.45, 2.75) is 26.0 Å². The summed E-state index contributed by atoms with van der Waals surface area (Å²) in [6.45, 7) is 4.56. The van der Waals surface area contributed by atoms with Gasteiger partial charge in [0, 0.05) is 19.2 Å². The minimum absolute atomic E-state index is 0.122. The van der Waals surface area contributed by atoms with Crippen molar-refractivity contribution in [1.82, 2.24) is 30.0 Å². The Morgan fingerprint density at radius 1 is 1.36 bits per heavy atom. The standard InChI is InChI=1S/C16H18N6O3/c1-9-14(15-17-10(2)19-25-15)22(6-7-24-9)16(23)11-4-5-13-12(8-11)18-20-21(13)3/h4-5,8-9,14H,6-7H2,1-3H3/t9-,14+/m1/s1. The number of fused-ring (bicyclic) bond motifs is 1. The third kappa shape index (κ3) is 2.66. The summed E-state index contributed by atoms with van der Waals surface area (Å²) in [5.41, 5.74) is 2.10. The van der Waals surface area contributed by atoms with Crippen molar-refractivity contribution >= 4 is 16.9 Å². The number of benzene rings is 1. The number of ether oxygens (including phenoxy) is 1. The molecule has 25 heavy (non-hydrogen) atoms. The van der Waals surface area contributed by atoms with E-state index in [4.69, 9.17) is 9.26 Å². The molecule has 0 radical (unpaired) electrons. The number of carbonyl (C=O) groups is 1. The van der Waals surface area contributed by atoms with Crippen molar-refractivity contribution in [2.75, 3.05) is 13.2 Å². The molecule has 0 aliphatic carbocycles. The van der Waals surface area contributed by atoms with E-state index in [2.05, 4.69) is 20.5 Å². The average molecular weight is 342 g/mol. The summed E-state index contributed by atoms with van der Waals surface area (Å²) in [5.74, 6) is 0.795. The Morgan fingerprint density at radius 3 is 2.96 bits per heavy atom. The summed E-state index contributed by atoms with van der Waals surface area (Å²) < 4.78 is 12.7. The molecule has 1 fully saturated rings. The van der Waals surface area contributed by atoms with Gasteiger partial charge in [0.2, 0.25) is 0 Å². The third-order valence-corrected chi connectivity index (χ3v) is 4.41. The Balaban J connectivity index is 1.70. The molecule has 0 N–H and O–H groups in total. The summed E-state index contributed by atoms with van der Waals surface area (Å²) in [4.78, 5) is 19.1. The Hall–Kier alpha value is -2.81. The fourth-order valence-corrected chi connectivity index (χ4v) is 3.16. The maximum Gasteiger partial charge on any atom is 0.254 e. The predicted molar refractivity (Wildman–Crippen MR) is 86.7 cm³/mol. The van der Waals surface area contributed by atoms with E-state index in [0.717, 1.165) is 5.52 Å². The van der Waals surface area contributed by atoms with Crippen LogP contribution < -0.4 is 0 Å². The molecule has 1 aromatic carbocycles. The van der Waals surface area contributed by atoms with Gasteiger partial charge in [-0.25, -0.2) is 4.68 Å². The molecule has 0 saturated carbocycles. The molecular formula is C16H18N6O3. The van der Waals surface area contributed by atoms with Gasteiger partial charge in [0.25, 0.3) is 11.8 Å². The highest BCUT2D eigenvalue weighted by Gasteiger charge is 2.38. The molecule has 1 aliphatic heterocycles. The van der Waals surface area contributed by atoms with Crippen LogP contribution in [-0.2, 0) is 11.8 Å². The second-order valence-corrected chi connectivity index (χ2v) is 6.12. The van der Waals surface area contributed by atoms with Crippen LogP contribution in [0.1, 0.15) is 35.0 Å². The normalized spacial score (nSPS) is 21.0. The number of aryl methyl sites for hydroxylation is 2. The highest BCUT2D eigenvalue weighted by atomic mass is 16.5. The van der Waals surface area contributed by atoms with Crippen molar-refractivity contribution in [3.63, 3.8) is 0 Å². The first kappa shape index (κ1) is 15.7. The number of carbonyl (C=O) groups excluding carboxylic acids is 1. The lowest BCUT2D eigenvalue weighted by Crippen LogP contribution is -2.47. The summed E-state index contributed by atoms with van der Waals surface area (Å²) in [6, 6.07) is 4.96. The zero-order chi connectivity index (χ0) is 17.6. The minimum atomic E-state index is -0.417. The van der Waals surface area contributed by atoms with E-state index in [1.165, 1.54) is 0 Å². The first-order valence-corrected chi connectivity index (χ1v) is 8.07. The largest absolute Gasteiger partial charge is 0.374 e. The third-order valence-electron chi connectivity index (χ3n) is 4.41. The zero-order valence-electron chi connectivity index (χ0n) is 14.2. The second-order valence-electron chi connectivity index (χ2n) is 6.12. The van der Waals surface area contributed by atoms with E-state index in [1.54, 1.807) is 28.6 Å². The van der Waals surface area contributed by atoms with Crippen LogP contribution in [0.4, 0.5) is 0 Å². The van der Waals surface area contributed by atoms with E-state index in [-0.39, 0.29) is 12.0 Å². The maximum atomic E-state index is 13.1. The number of amides is 1. The number of morpholine rings is 1. The van der Waals surface area contributed by atoms with Crippen LogP contribution in [0.3, 0.4) is 0 Å². The lowest BCUT2D eigenvalue weighted by atomic mass is 10.1. The van der Waals surface area contributed by atoms with Crippen LogP contribution >= 0.6 is 0 Å². The lowest BCUT2D eigenvalue weighted by molar-refractivity contribution is -0.0600. The molecular weight excluding hydrogens is 324 g/mol. The number of nitrogens with zero attached hydrogens (tertiary/aromatic N) is 6. The Labute approximate surface area is 143 Å². The summed E-state index contributed by atoms with van der Waals surface area (Å²) >= 11 is 0. The van der Waals surface area contributed by atoms with Gasteiger partial charge in [0.05, 0.1) is 18.2 Å². The highest BCUT2D eigenvalue weighted by molar-refractivity contribution is 5.97. The quantitative estimate of drug-likeness (QED) is 0.691. The van der Waals surface area contributed by atoms with Crippen LogP contribution in [0, 0.1) is 6.92 Å². The predicted octanol–water partition coefficient (Wildman–Crippen LogP) is 1.26. The Kier molecular flexibility index (Phi) is 3.72. The topological polar surface area (TPSA) is 99.2 Å². The maximum absolute atomic E-state index is 13.1. The molecule has 3 heterocycles. The van der Waals surface area contributed by atoms with Gasteiger partial charge in [-0.3, -0.25) is 4.79 Å². The van der Waals surface area contributed by atoms with E-state index in [1.807, 2.05) is 20.0 Å². The monoisotopic (exact) mass is 342 g/mol. The fourth-order valence-electron chi connectivity index (χ4n) is 3.16. The Morgan fingerprint density at radius 2 is 2.20 bits per heavy atom. The van der Waals surface area contributed by atoms with E-state index in [9.17, 15) is 4.79 Å². The Bertz CT molecular complexity index is 933. The van der Waals surface area contributed by atoms with Crippen molar-refractivity contribution in [3.8, 4) is 0 Å². The van der Waals surface area contributed by atoms with Crippen molar-refractivity contribution in [3.05, 3.63) is 35.5 Å². The molecule has 9 heteroatoms. The van der Waals surface area contributed by atoms with Crippen LogP contribution in [0.2, 0.25) is 0 Å². The zero-order valence-corrected chi connectivity index (χ0v) is 14.2. The minimum Gasteiger partial charge on any atom is -0.374 e. The van der Waals surface area contributed by atoms with Gasteiger partial charge in [-0.2, -0.15) is 4.98 Å². The molecule has 3 aromatic rings. The van der Waals surface area contributed by atoms with Gasteiger partial charge in [-0.1, -0.05) is 10.4 Å². The lowest BCUT2D eigenvalue weighted by Gasteiger charge is -2.37. The smallest absolute Gasteiger partial charge is 0.254 e. The van der Waals surface area contributed by atoms with Crippen LogP contribution in [0.5, 0.6) is 0 Å². The second kappa shape index (κ2) is 5.92. The summed E-state index contributed by atoms with van der Waals surface area (Å²) in [5, 5.41) is 11.9. The first-order chi connectivity index (χ1) is 12.0. The van der Waals surface area contributed by atoms with Gasteiger partial charge in [-0.15, -0.1) is 5.10 Å². The molecule has 2 atom stereocenters. The van der Waals surface area contributed by atoms with Crippen LogP contribution in [-0.4, -0.2) is 55.2 Å². The average Bonchev–Trinajstić information content (AvgIpc) is 3.20. The number of hydrogen-bond donors (Lipinski definition) is 0. The molecule has 2 aromatic heterocycles. The summed E-state index contributed by atoms with van der Waals surface area (Å²) in [7, 11) is 1.81. The fraction of sp³-hybridized carbons (Fsp3) is 0.438. The number of hydrogen-bond acceptors (Lipinski definition) is 7. The van der Waals surface area contributed by atoms with Gasteiger partial charge >= 0.3 is 0 Å². The SMILES string of the molecule is Cc1noc([C@@H]2[C@@H](C)OCCN2C(=O)c2ccc3c(c2)nnn3C)n1. The van der Waals surface area contributed by atoms with Crippen LogP contribution in [0.15, 0.2) is 22.7 Å². The van der Waals surface area contributed by atoms with Gasteiger partial charge < -0.3 is 14.2 Å². The molecule has 130 valence electrons. The first-order valence-electron chi connectivity index (χ1n) is 8.07. The van der Waals surface area contributed by atoms with Crippen LogP contribution in [0.25, 0.3) is 11.0 Å². The van der Waals surface area contributed by atoms with Gasteiger partial charge in [0.1, 0.15) is 11.6 Å². The molecule has 0 spiro atoms. The molecule has 9 nitrogen and oxygen atoms in total. The number of rotatable bonds is 2. The van der Waals surface area contributed by atoms with E-state index < -0.39 is 6.04 Å². The highest BCUT2D eigenvalue weighted by Crippen LogP contribution is 2.30. The molecule has 1 saturated heterocycles. The van der Waals surface area contributed by atoms with Crippen molar-refractivity contribution in [2.24, 2.45) is 7.05 Å². The molecule has 1 amide bonds. The van der Waals surface area contributed by atoms with E-state index in [0.29, 0.717) is 35.9 Å². The van der Waals surface area contributed by atoms with Crippen molar-refractivity contribution < 1.29 is 14.1 Å². The van der Waals surface area contributed by atoms with Gasteiger partial charge in [0.15, 0.2) is 5.82 Å². The molecule has 1 aliphatic rings. The molecule has 0 bridgehead atoms. The molecule has 4 rings (SSSR count). The van der Waals surface area contributed by atoms with E-state index >= 15 is 0 Å².